The smallest absolute Gasteiger partial charge is 0.302 e. The van der Waals surface area contributed by atoms with Crippen molar-refractivity contribution in [3.05, 3.63) is 12.2 Å². The number of rotatable bonds is 3. The second-order valence-corrected chi connectivity index (χ2v) is 10.5. The van der Waals surface area contributed by atoms with E-state index in [0.29, 0.717) is 18.4 Å². The van der Waals surface area contributed by atoms with Crippen LogP contribution in [0.5, 0.6) is 0 Å². The van der Waals surface area contributed by atoms with Crippen molar-refractivity contribution in [2.24, 2.45) is 34.0 Å². The summed E-state index contributed by atoms with van der Waals surface area (Å²) in [7, 11) is 1.59. The Morgan fingerprint density at radius 2 is 1.93 bits per heavy atom. The van der Waals surface area contributed by atoms with E-state index in [1.165, 1.54) is 6.92 Å². The van der Waals surface area contributed by atoms with E-state index in [4.69, 9.17) is 9.47 Å². The molecular weight excluding hydrogens is 372 g/mol. The van der Waals surface area contributed by atoms with Gasteiger partial charge in [0.15, 0.2) is 5.78 Å². The van der Waals surface area contributed by atoms with E-state index in [0.717, 1.165) is 19.3 Å². The van der Waals surface area contributed by atoms with Gasteiger partial charge in [-0.1, -0.05) is 26.8 Å². The molecule has 0 heterocycles. The number of methoxy groups -OCH3 is 1. The number of carbonyl (C=O) groups is 2. The summed E-state index contributed by atoms with van der Waals surface area (Å²) >= 11 is 0. The van der Waals surface area contributed by atoms with E-state index < -0.39 is 41.0 Å². The van der Waals surface area contributed by atoms with Crippen LogP contribution in [0, 0.1) is 34.0 Å². The lowest BCUT2D eigenvalue weighted by atomic mass is 9.39. The van der Waals surface area contributed by atoms with Crippen molar-refractivity contribution in [2.75, 3.05) is 13.7 Å². The molecule has 0 aromatic carbocycles. The van der Waals surface area contributed by atoms with Gasteiger partial charge in [-0.2, -0.15) is 0 Å². The molecule has 4 aliphatic rings. The first-order valence-electron chi connectivity index (χ1n) is 10.8. The maximum absolute atomic E-state index is 13.6. The first-order chi connectivity index (χ1) is 13.5. The summed E-state index contributed by atoms with van der Waals surface area (Å²) < 4.78 is 11.5. The van der Waals surface area contributed by atoms with Gasteiger partial charge < -0.3 is 19.7 Å². The molecule has 4 aliphatic carbocycles. The average Bonchev–Trinajstić information content (AvgIpc) is 2.76. The van der Waals surface area contributed by atoms with Gasteiger partial charge in [-0.3, -0.25) is 9.59 Å². The summed E-state index contributed by atoms with van der Waals surface area (Å²) in [5, 5.41) is 22.8. The summed E-state index contributed by atoms with van der Waals surface area (Å²) in [5.41, 5.74) is -1.46. The summed E-state index contributed by atoms with van der Waals surface area (Å²) in [6, 6.07) is 0. The molecule has 0 radical (unpaired) electrons. The first-order valence-corrected chi connectivity index (χ1v) is 10.8. The van der Waals surface area contributed by atoms with E-state index in [2.05, 4.69) is 20.4 Å². The zero-order valence-electron chi connectivity index (χ0n) is 17.9. The van der Waals surface area contributed by atoms with Gasteiger partial charge in [0, 0.05) is 31.3 Å². The maximum atomic E-state index is 13.6. The number of ketones is 1. The SMILES string of the molecule is C=C1C(=O)[C@]23[C@H](O)[C@H]1C[C@H](O)[C@H]2[C@]1(COC(C)=O)CCCC(C)(C)[C@H]1C[C@H]3OC. The van der Waals surface area contributed by atoms with Crippen LogP contribution in [0.3, 0.4) is 0 Å². The number of aliphatic hydroxyl groups is 2. The van der Waals surface area contributed by atoms with Gasteiger partial charge >= 0.3 is 5.97 Å². The summed E-state index contributed by atoms with van der Waals surface area (Å²) in [6.07, 6.45) is 1.40. The van der Waals surface area contributed by atoms with Gasteiger partial charge in [-0.05, 0) is 42.6 Å². The Morgan fingerprint density at radius 3 is 2.55 bits per heavy atom. The van der Waals surface area contributed by atoms with Crippen LogP contribution in [0.2, 0.25) is 0 Å². The molecule has 0 saturated heterocycles. The minimum Gasteiger partial charge on any atom is -0.465 e. The summed E-state index contributed by atoms with van der Waals surface area (Å²) in [6.45, 7) is 9.97. The van der Waals surface area contributed by atoms with Gasteiger partial charge in [-0.15, -0.1) is 0 Å². The monoisotopic (exact) mass is 406 g/mol. The van der Waals surface area contributed by atoms with Crippen LogP contribution < -0.4 is 0 Å². The molecule has 0 aromatic heterocycles. The fourth-order valence-electron chi connectivity index (χ4n) is 7.94. The molecule has 6 nitrogen and oxygen atoms in total. The lowest BCUT2D eigenvalue weighted by molar-refractivity contribution is -0.269. The molecule has 2 N–H and O–H groups in total. The highest BCUT2D eigenvalue weighted by Crippen LogP contribution is 2.71. The van der Waals surface area contributed by atoms with E-state index in [1.54, 1.807) is 7.11 Å². The van der Waals surface area contributed by atoms with Crippen LogP contribution in [0.15, 0.2) is 12.2 Å². The van der Waals surface area contributed by atoms with Gasteiger partial charge in [0.2, 0.25) is 0 Å². The quantitative estimate of drug-likeness (QED) is 0.552. The lowest BCUT2D eigenvalue weighted by Gasteiger charge is -2.67. The topological polar surface area (TPSA) is 93.1 Å². The maximum Gasteiger partial charge on any atom is 0.302 e. The number of hydrogen-bond donors (Lipinski definition) is 2. The Balaban J connectivity index is 1.94. The van der Waals surface area contributed by atoms with Crippen molar-refractivity contribution in [3.8, 4) is 0 Å². The minimum atomic E-state index is -1.22. The van der Waals surface area contributed by atoms with E-state index in [-0.39, 0.29) is 29.7 Å². The van der Waals surface area contributed by atoms with Crippen molar-refractivity contribution in [3.63, 3.8) is 0 Å². The lowest BCUT2D eigenvalue weighted by Crippen LogP contribution is -2.72. The van der Waals surface area contributed by atoms with Crippen LogP contribution in [0.1, 0.15) is 52.9 Å². The Kier molecular flexibility index (Phi) is 4.80. The third kappa shape index (κ3) is 2.52. The number of Topliss-reactive ketones (excluding diaryl/α,β-unsaturated/α-hetero) is 1. The number of carbonyl (C=O) groups excluding carboxylic acids is 2. The molecule has 0 amide bonds. The molecule has 1 spiro atoms. The van der Waals surface area contributed by atoms with Crippen molar-refractivity contribution in [1.82, 2.24) is 0 Å². The van der Waals surface area contributed by atoms with E-state index in [1.807, 2.05) is 0 Å². The fraction of sp³-hybridized carbons (Fsp3) is 0.826. The van der Waals surface area contributed by atoms with Crippen LogP contribution >= 0.6 is 0 Å². The van der Waals surface area contributed by atoms with Crippen LogP contribution in [0.25, 0.3) is 0 Å². The largest absolute Gasteiger partial charge is 0.465 e. The third-order valence-electron chi connectivity index (χ3n) is 8.93. The molecule has 0 unspecified atom stereocenters. The molecule has 2 bridgehead atoms. The van der Waals surface area contributed by atoms with Gasteiger partial charge in [-0.25, -0.2) is 0 Å². The number of hydrogen-bond acceptors (Lipinski definition) is 6. The minimum absolute atomic E-state index is 0.0586. The molecule has 0 aliphatic heterocycles. The molecule has 0 aromatic rings. The van der Waals surface area contributed by atoms with Gasteiger partial charge in [0.25, 0.3) is 0 Å². The van der Waals surface area contributed by atoms with Crippen LogP contribution in [0.4, 0.5) is 0 Å². The number of ether oxygens (including phenoxy) is 2. The molecular formula is C23H34O6. The zero-order valence-corrected chi connectivity index (χ0v) is 17.9. The van der Waals surface area contributed by atoms with Crippen molar-refractivity contribution >= 4 is 11.8 Å². The summed E-state index contributed by atoms with van der Waals surface area (Å²) in [4.78, 5) is 25.4. The molecule has 6 heteroatoms. The Labute approximate surface area is 172 Å². The normalized spacial score (nSPS) is 48.1. The van der Waals surface area contributed by atoms with Crippen LogP contribution in [-0.4, -0.2) is 54.0 Å². The van der Waals surface area contributed by atoms with Crippen molar-refractivity contribution < 1.29 is 29.3 Å². The Bertz CT molecular complexity index is 744. The first kappa shape index (κ1) is 21.0. The molecule has 162 valence electrons. The molecule has 4 saturated carbocycles. The van der Waals surface area contributed by atoms with Crippen LogP contribution in [-0.2, 0) is 19.1 Å². The second kappa shape index (κ2) is 6.63. The highest BCUT2D eigenvalue weighted by atomic mass is 16.5. The third-order valence-corrected chi connectivity index (χ3v) is 8.93. The standard InChI is InChI=1S/C23H34O6/c1-12-14-9-15(25)18-22(11-29-13(2)24)8-6-7-21(3,4)16(22)10-17(28-5)23(18,19(12)26)20(14)27/h14-18,20,25,27H,1,6-11H2,2-5H3/t14-,15-,16+,17+,18-,20+,22-,23+/m0/s1. The van der Waals surface area contributed by atoms with Crippen molar-refractivity contribution in [2.45, 2.75) is 71.2 Å². The van der Waals surface area contributed by atoms with E-state index in [9.17, 15) is 19.8 Å². The predicted molar refractivity (Wildman–Crippen MR) is 106 cm³/mol. The summed E-state index contributed by atoms with van der Waals surface area (Å²) in [5.74, 6) is -1.41. The van der Waals surface area contributed by atoms with Gasteiger partial charge in [0.1, 0.15) is 0 Å². The fourth-order valence-corrected chi connectivity index (χ4v) is 7.94. The number of fused-ring (bicyclic) bond motifs is 3. The zero-order chi connectivity index (χ0) is 21.4. The highest BCUT2D eigenvalue weighted by Gasteiger charge is 2.77. The Hall–Kier alpha value is -1.24. The number of aliphatic hydroxyl groups excluding tert-OH is 2. The Morgan fingerprint density at radius 1 is 1.24 bits per heavy atom. The van der Waals surface area contributed by atoms with Crippen molar-refractivity contribution in [1.29, 1.82) is 0 Å². The second-order valence-electron chi connectivity index (χ2n) is 10.5. The van der Waals surface area contributed by atoms with E-state index >= 15 is 0 Å². The average molecular weight is 407 g/mol. The number of esters is 1. The molecule has 4 rings (SSSR count). The molecule has 8 atom stereocenters. The predicted octanol–water partition coefficient (Wildman–Crippen LogP) is 2.26. The molecule has 29 heavy (non-hydrogen) atoms. The van der Waals surface area contributed by atoms with Gasteiger partial charge in [0.05, 0.1) is 30.3 Å². The molecule has 4 fully saturated rings. The highest BCUT2D eigenvalue weighted by molar-refractivity contribution is 6.04.